The average Bonchev–Trinajstić information content (AvgIpc) is 2.52. The summed E-state index contributed by atoms with van der Waals surface area (Å²) in [6.07, 6.45) is 0. The lowest BCUT2D eigenvalue weighted by Gasteiger charge is -2.08. The van der Waals surface area contributed by atoms with Gasteiger partial charge in [-0.15, -0.1) is 10.2 Å². The molecule has 1 rings (SSSR count). The number of nitrogens with zero attached hydrogens (tertiary/aromatic N) is 3. The van der Waals surface area contributed by atoms with Gasteiger partial charge in [-0.3, -0.25) is 0 Å². The highest BCUT2D eigenvalue weighted by molar-refractivity contribution is 7.13. The molecule has 2 N–H and O–H groups in total. The summed E-state index contributed by atoms with van der Waals surface area (Å²) in [4.78, 5) is 2.05. The molecular formula is C7H14N4OS. The third kappa shape index (κ3) is 3.67. The molecule has 0 aromatic carbocycles. The minimum Gasteiger partial charge on any atom is -0.468 e. The van der Waals surface area contributed by atoms with Gasteiger partial charge >= 0.3 is 0 Å². The molecule has 5 nitrogen and oxygen atoms in total. The highest BCUT2D eigenvalue weighted by Crippen LogP contribution is 2.16. The molecule has 0 saturated heterocycles. The molecule has 13 heavy (non-hydrogen) atoms. The summed E-state index contributed by atoms with van der Waals surface area (Å²) in [5.74, 6) is 0. The molecule has 1 heterocycles. The Morgan fingerprint density at radius 1 is 1.46 bits per heavy atom. The Bertz CT molecular complexity index is 250. The summed E-state index contributed by atoms with van der Waals surface area (Å²) in [6, 6.07) is 0. The van der Waals surface area contributed by atoms with Gasteiger partial charge in [-0.2, -0.15) is 0 Å². The molecule has 0 bridgehead atoms. The summed E-state index contributed by atoms with van der Waals surface area (Å²) in [5.41, 5.74) is 5.38. The standard InChI is InChI=1S/C7H14N4OS/c1-11(2)3-4-12-7-10-9-6(5-8)13-7/h3-5,8H2,1-2H3. The van der Waals surface area contributed by atoms with Gasteiger partial charge in [0.05, 0.1) is 0 Å². The molecule has 0 saturated carbocycles. The maximum atomic E-state index is 5.38. The maximum absolute atomic E-state index is 5.38. The van der Waals surface area contributed by atoms with Crippen LogP contribution in [0.4, 0.5) is 0 Å². The van der Waals surface area contributed by atoms with E-state index in [-0.39, 0.29) is 0 Å². The van der Waals surface area contributed by atoms with Crippen LogP contribution in [0.1, 0.15) is 5.01 Å². The van der Waals surface area contributed by atoms with Gasteiger partial charge in [-0.1, -0.05) is 11.3 Å². The van der Waals surface area contributed by atoms with Crippen LogP contribution in [-0.4, -0.2) is 42.3 Å². The first kappa shape index (κ1) is 10.4. The molecule has 1 aromatic heterocycles. The first-order valence-corrected chi connectivity index (χ1v) is 4.84. The summed E-state index contributed by atoms with van der Waals surface area (Å²) in [6.45, 7) is 1.93. The highest BCUT2D eigenvalue weighted by atomic mass is 32.1. The van der Waals surface area contributed by atoms with Crippen LogP contribution >= 0.6 is 11.3 Å². The van der Waals surface area contributed by atoms with Gasteiger partial charge in [0, 0.05) is 13.1 Å². The van der Waals surface area contributed by atoms with E-state index in [1.165, 1.54) is 11.3 Å². The molecule has 0 fully saturated rings. The van der Waals surface area contributed by atoms with Crippen molar-refractivity contribution in [3.63, 3.8) is 0 Å². The Morgan fingerprint density at radius 2 is 2.23 bits per heavy atom. The monoisotopic (exact) mass is 202 g/mol. The number of hydrogen-bond donors (Lipinski definition) is 1. The fourth-order valence-corrected chi connectivity index (χ4v) is 1.29. The zero-order valence-electron chi connectivity index (χ0n) is 7.86. The van der Waals surface area contributed by atoms with Crippen LogP contribution in [0.25, 0.3) is 0 Å². The van der Waals surface area contributed by atoms with Crippen LogP contribution in [0.3, 0.4) is 0 Å². The largest absolute Gasteiger partial charge is 0.468 e. The summed E-state index contributed by atoms with van der Waals surface area (Å²) in [5, 5.41) is 9.07. The Labute approximate surface area is 81.5 Å². The van der Waals surface area contributed by atoms with E-state index in [0.29, 0.717) is 18.3 Å². The van der Waals surface area contributed by atoms with Gasteiger partial charge in [-0.05, 0) is 14.1 Å². The lowest BCUT2D eigenvalue weighted by molar-refractivity contribution is 0.259. The van der Waals surface area contributed by atoms with Gasteiger partial charge < -0.3 is 15.4 Å². The second kappa shape index (κ2) is 5.11. The highest BCUT2D eigenvalue weighted by Gasteiger charge is 2.02. The number of rotatable bonds is 5. The second-order valence-corrected chi connectivity index (χ2v) is 3.84. The number of likely N-dealkylation sites (N-methyl/N-ethyl adjacent to an activating group) is 1. The van der Waals surface area contributed by atoms with Gasteiger partial charge in [0.15, 0.2) is 0 Å². The van der Waals surface area contributed by atoms with Gasteiger partial charge in [0.2, 0.25) is 0 Å². The zero-order chi connectivity index (χ0) is 9.68. The SMILES string of the molecule is CN(C)CCOc1nnc(CN)s1. The molecule has 0 amide bonds. The molecule has 0 aliphatic heterocycles. The van der Waals surface area contributed by atoms with Crippen molar-refractivity contribution in [2.24, 2.45) is 5.73 Å². The number of aromatic nitrogens is 2. The molecule has 0 atom stereocenters. The third-order valence-electron chi connectivity index (χ3n) is 1.39. The Hall–Kier alpha value is -0.720. The van der Waals surface area contributed by atoms with E-state index in [1.807, 2.05) is 19.0 Å². The molecule has 0 aliphatic rings. The van der Waals surface area contributed by atoms with Gasteiger partial charge in [0.1, 0.15) is 11.6 Å². The number of hydrogen-bond acceptors (Lipinski definition) is 6. The number of nitrogens with two attached hydrogens (primary N) is 1. The van der Waals surface area contributed by atoms with Crippen molar-refractivity contribution < 1.29 is 4.74 Å². The molecule has 0 unspecified atom stereocenters. The Kier molecular flexibility index (Phi) is 4.07. The third-order valence-corrected chi connectivity index (χ3v) is 2.25. The maximum Gasteiger partial charge on any atom is 0.294 e. The molecule has 0 radical (unpaired) electrons. The fraction of sp³-hybridized carbons (Fsp3) is 0.714. The predicted molar refractivity (Wildman–Crippen MR) is 51.8 cm³/mol. The summed E-state index contributed by atoms with van der Waals surface area (Å²) >= 11 is 1.40. The molecule has 0 spiro atoms. The van der Waals surface area contributed by atoms with Crippen molar-refractivity contribution in [1.29, 1.82) is 0 Å². The van der Waals surface area contributed by atoms with E-state index in [9.17, 15) is 0 Å². The lowest BCUT2D eigenvalue weighted by atomic mass is 10.6. The van der Waals surface area contributed by atoms with Crippen molar-refractivity contribution in [1.82, 2.24) is 15.1 Å². The van der Waals surface area contributed by atoms with Crippen LogP contribution in [0.2, 0.25) is 0 Å². The van der Waals surface area contributed by atoms with Crippen LogP contribution < -0.4 is 10.5 Å². The summed E-state index contributed by atoms with van der Waals surface area (Å²) in [7, 11) is 3.99. The normalized spacial score (nSPS) is 10.8. The molecular weight excluding hydrogens is 188 g/mol. The summed E-state index contributed by atoms with van der Waals surface area (Å²) < 4.78 is 5.35. The van der Waals surface area contributed by atoms with Crippen molar-refractivity contribution in [3.8, 4) is 5.19 Å². The molecule has 74 valence electrons. The van der Waals surface area contributed by atoms with E-state index in [4.69, 9.17) is 10.5 Å². The molecule has 0 aliphatic carbocycles. The minimum atomic E-state index is 0.425. The quantitative estimate of drug-likeness (QED) is 0.724. The minimum absolute atomic E-state index is 0.425. The van der Waals surface area contributed by atoms with Crippen LogP contribution in [-0.2, 0) is 6.54 Å². The first-order valence-electron chi connectivity index (χ1n) is 4.02. The first-order chi connectivity index (χ1) is 6.22. The van der Waals surface area contributed by atoms with Crippen molar-refractivity contribution >= 4 is 11.3 Å². The van der Waals surface area contributed by atoms with Gasteiger partial charge in [0.25, 0.3) is 5.19 Å². The zero-order valence-corrected chi connectivity index (χ0v) is 8.67. The van der Waals surface area contributed by atoms with E-state index >= 15 is 0 Å². The van der Waals surface area contributed by atoms with Crippen LogP contribution in [0.15, 0.2) is 0 Å². The average molecular weight is 202 g/mol. The smallest absolute Gasteiger partial charge is 0.294 e. The fourth-order valence-electron chi connectivity index (χ4n) is 0.695. The molecule has 6 heteroatoms. The Morgan fingerprint density at radius 3 is 2.77 bits per heavy atom. The van der Waals surface area contributed by atoms with E-state index in [1.54, 1.807) is 0 Å². The van der Waals surface area contributed by atoms with Crippen LogP contribution in [0, 0.1) is 0 Å². The Balaban J connectivity index is 2.28. The van der Waals surface area contributed by atoms with Crippen molar-refractivity contribution in [2.75, 3.05) is 27.2 Å². The van der Waals surface area contributed by atoms with Crippen LogP contribution in [0.5, 0.6) is 5.19 Å². The molecule has 1 aromatic rings. The van der Waals surface area contributed by atoms with E-state index < -0.39 is 0 Å². The van der Waals surface area contributed by atoms with E-state index in [2.05, 4.69) is 10.2 Å². The van der Waals surface area contributed by atoms with Crippen molar-refractivity contribution in [2.45, 2.75) is 6.54 Å². The number of ether oxygens (including phenoxy) is 1. The van der Waals surface area contributed by atoms with Crippen molar-refractivity contribution in [3.05, 3.63) is 5.01 Å². The van der Waals surface area contributed by atoms with Gasteiger partial charge in [-0.25, -0.2) is 0 Å². The topological polar surface area (TPSA) is 64.3 Å². The second-order valence-electron chi connectivity index (χ2n) is 2.82. The van der Waals surface area contributed by atoms with E-state index in [0.717, 1.165) is 11.6 Å². The lowest BCUT2D eigenvalue weighted by Crippen LogP contribution is -2.19. The predicted octanol–water partition coefficient (Wildman–Crippen LogP) is -0.0628.